The second-order valence-electron chi connectivity index (χ2n) is 4.20. The van der Waals surface area contributed by atoms with Gasteiger partial charge in [-0.2, -0.15) is 0 Å². The molecular formula is C11H15BrN2O3S. The van der Waals surface area contributed by atoms with Gasteiger partial charge in [-0.15, -0.1) is 0 Å². The van der Waals surface area contributed by atoms with Crippen molar-refractivity contribution >= 4 is 26.0 Å². The van der Waals surface area contributed by atoms with Crippen molar-refractivity contribution in [3.05, 3.63) is 27.7 Å². The fourth-order valence-corrected chi connectivity index (χ4v) is 2.90. The third kappa shape index (κ3) is 3.68. The van der Waals surface area contributed by atoms with Gasteiger partial charge in [-0.25, -0.2) is 13.6 Å². The summed E-state index contributed by atoms with van der Waals surface area (Å²) in [4.78, 5) is 0. The van der Waals surface area contributed by atoms with E-state index in [1.807, 2.05) is 6.07 Å². The van der Waals surface area contributed by atoms with Crippen LogP contribution < -0.4 is 15.2 Å². The Morgan fingerprint density at radius 2 is 2.22 bits per heavy atom. The summed E-state index contributed by atoms with van der Waals surface area (Å²) in [6.07, 6.45) is 0.916. The SMILES string of the molecule is NS(=O)(=O)CCNCc1cc(Br)cc2c1OCC2. The molecular weight excluding hydrogens is 320 g/mol. The van der Waals surface area contributed by atoms with Gasteiger partial charge in [0.1, 0.15) is 5.75 Å². The van der Waals surface area contributed by atoms with Crippen LogP contribution in [0.3, 0.4) is 0 Å². The van der Waals surface area contributed by atoms with Gasteiger partial charge in [0.15, 0.2) is 0 Å². The Morgan fingerprint density at radius 3 is 2.94 bits per heavy atom. The molecule has 18 heavy (non-hydrogen) atoms. The quantitative estimate of drug-likeness (QED) is 0.779. The maximum absolute atomic E-state index is 10.8. The first-order chi connectivity index (χ1) is 8.46. The van der Waals surface area contributed by atoms with Crippen molar-refractivity contribution in [2.45, 2.75) is 13.0 Å². The van der Waals surface area contributed by atoms with E-state index in [0.29, 0.717) is 19.7 Å². The summed E-state index contributed by atoms with van der Waals surface area (Å²) in [7, 11) is -3.40. The molecule has 0 amide bonds. The van der Waals surface area contributed by atoms with Gasteiger partial charge in [0.25, 0.3) is 0 Å². The molecule has 1 aromatic rings. The molecule has 1 aliphatic rings. The Bertz CT molecular complexity index is 545. The minimum absolute atomic E-state index is 0.0654. The van der Waals surface area contributed by atoms with E-state index in [2.05, 4.69) is 27.3 Å². The van der Waals surface area contributed by atoms with E-state index < -0.39 is 10.0 Å². The number of rotatable bonds is 5. The lowest BCUT2D eigenvalue weighted by molar-refractivity contribution is 0.352. The van der Waals surface area contributed by atoms with Gasteiger partial charge >= 0.3 is 0 Å². The Morgan fingerprint density at radius 1 is 1.44 bits per heavy atom. The largest absolute Gasteiger partial charge is 0.493 e. The monoisotopic (exact) mass is 334 g/mol. The van der Waals surface area contributed by atoms with Crippen LogP contribution in [0.2, 0.25) is 0 Å². The molecule has 0 saturated heterocycles. The van der Waals surface area contributed by atoms with E-state index in [-0.39, 0.29) is 5.75 Å². The van der Waals surface area contributed by atoms with Gasteiger partial charge in [-0.1, -0.05) is 15.9 Å². The third-order valence-corrected chi connectivity index (χ3v) is 3.94. The fraction of sp³-hybridized carbons (Fsp3) is 0.455. The summed E-state index contributed by atoms with van der Waals surface area (Å²) in [6.45, 7) is 1.60. The number of hydrogen-bond acceptors (Lipinski definition) is 4. The van der Waals surface area contributed by atoms with Crippen LogP contribution >= 0.6 is 15.9 Å². The number of fused-ring (bicyclic) bond motifs is 1. The second-order valence-corrected chi connectivity index (χ2v) is 6.85. The van der Waals surface area contributed by atoms with E-state index >= 15 is 0 Å². The average Bonchev–Trinajstić information content (AvgIpc) is 2.70. The Balaban J connectivity index is 1.98. The molecule has 0 atom stereocenters. The van der Waals surface area contributed by atoms with Crippen molar-refractivity contribution < 1.29 is 13.2 Å². The van der Waals surface area contributed by atoms with Crippen LogP contribution in [0.25, 0.3) is 0 Å². The number of halogens is 1. The molecule has 3 N–H and O–H groups in total. The van der Waals surface area contributed by atoms with E-state index in [1.54, 1.807) is 0 Å². The van der Waals surface area contributed by atoms with E-state index in [0.717, 1.165) is 22.2 Å². The molecule has 1 aromatic carbocycles. The number of benzene rings is 1. The van der Waals surface area contributed by atoms with Gasteiger partial charge in [0.2, 0.25) is 10.0 Å². The highest BCUT2D eigenvalue weighted by Crippen LogP contribution is 2.32. The van der Waals surface area contributed by atoms with Gasteiger partial charge in [-0.3, -0.25) is 0 Å². The van der Waals surface area contributed by atoms with Gasteiger partial charge < -0.3 is 10.1 Å². The molecule has 0 bridgehead atoms. The van der Waals surface area contributed by atoms with Gasteiger partial charge in [-0.05, 0) is 17.7 Å². The molecule has 2 rings (SSSR count). The minimum Gasteiger partial charge on any atom is -0.493 e. The highest BCUT2D eigenvalue weighted by atomic mass is 79.9. The highest BCUT2D eigenvalue weighted by Gasteiger charge is 2.17. The lowest BCUT2D eigenvalue weighted by Crippen LogP contribution is -2.26. The number of sulfonamides is 1. The van der Waals surface area contributed by atoms with Crippen molar-refractivity contribution in [1.82, 2.24) is 5.32 Å². The Kier molecular flexibility index (Phi) is 4.26. The minimum atomic E-state index is -3.40. The molecule has 0 unspecified atom stereocenters. The predicted octanol–water partition coefficient (Wildman–Crippen LogP) is 0.762. The molecule has 5 nitrogen and oxygen atoms in total. The molecule has 0 saturated carbocycles. The maximum atomic E-state index is 10.8. The van der Waals surface area contributed by atoms with Gasteiger partial charge in [0.05, 0.1) is 12.4 Å². The van der Waals surface area contributed by atoms with Crippen LogP contribution in [-0.2, 0) is 23.0 Å². The number of nitrogens with one attached hydrogen (secondary N) is 1. The highest BCUT2D eigenvalue weighted by molar-refractivity contribution is 9.10. The number of primary sulfonamides is 1. The predicted molar refractivity (Wildman–Crippen MR) is 73.0 cm³/mol. The van der Waals surface area contributed by atoms with Crippen molar-refractivity contribution in [2.75, 3.05) is 18.9 Å². The molecule has 100 valence electrons. The molecule has 0 radical (unpaired) electrons. The summed E-state index contributed by atoms with van der Waals surface area (Å²) < 4.78 is 28.2. The molecule has 0 aliphatic carbocycles. The first-order valence-corrected chi connectivity index (χ1v) is 8.12. The molecule has 1 aliphatic heterocycles. The molecule has 0 aromatic heterocycles. The van der Waals surface area contributed by atoms with E-state index in [9.17, 15) is 8.42 Å². The molecule has 0 fully saturated rings. The first kappa shape index (κ1) is 13.8. The smallest absolute Gasteiger partial charge is 0.210 e. The fourth-order valence-electron chi connectivity index (χ4n) is 1.91. The zero-order chi connectivity index (χ0) is 13.2. The van der Waals surface area contributed by atoms with Crippen LogP contribution in [0.4, 0.5) is 0 Å². The van der Waals surface area contributed by atoms with Crippen molar-refractivity contribution in [2.24, 2.45) is 5.14 Å². The number of ether oxygens (including phenoxy) is 1. The summed E-state index contributed by atoms with van der Waals surface area (Å²) in [5, 5.41) is 7.98. The number of nitrogens with two attached hydrogens (primary N) is 1. The number of hydrogen-bond donors (Lipinski definition) is 2. The van der Waals surface area contributed by atoms with Gasteiger partial charge in [0, 0.05) is 29.5 Å². The summed E-state index contributed by atoms with van der Waals surface area (Å²) in [5.41, 5.74) is 2.22. The van der Waals surface area contributed by atoms with Crippen LogP contribution in [-0.4, -0.2) is 27.3 Å². The topological polar surface area (TPSA) is 81.4 Å². The third-order valence-electron chi connectivity index (χ3n) is 2.70. The lowest BCUT2D eigenvalue weighted by Gasteiger charge is -2.10. The normalized spacial score (nSPS) is 14.3. The lowest BCUT2D eigenvalue weighted by atomic mass is 10.1. The van der Waals surface area contributed by atoms with Crippen LogP contribution in [0, 0.1) is 0 Å². The molecule has 7 heteroatoms. The first-order valence-electron chi connectivity index (χ1n) is 5.61. The summed E-state index contributed by atoms with van der Waals surface area (Å²) in [5.74, 6) is 0.852. The summed E-state index contributed by atoms with van der Waals surface area (Å²) >= 11 is 3.46. The van der Waals surface area contributed by atoms with Crippen LogP contribution in [0.1, 0.15) is 11.1 Å². The van der Waals surface area contributed by atoms with Crippen molar-refractivity contribution in [3.8, 4) is 5.75 Å². The summed E-state index contributed by atoms with van der Waals surface area (Å²) in [6, 6.07) is 4.03. The standard InChI is InChI=1S/C11H15BrN2O3S/c12-10-5-8-1-3-17-11(8)9(6-10)7-14-2-4-18(13,15)16/h5-6,14H,1-4,7H2,(H2,13,15,16). The van der Waals surface area contributed by atoms with E-state index in [1.165, 1.54) is 5.56 Å². The second kappa shape index (κ2) is 5.56. The zero-order valence-corrected chi connectivity index (χ0v) is 12.2. The van der Waals surface area contributed by atoms with Crippen molar-refractivity contribution in [3.63, 3.8) is 0 Å². The Labute approximate surface area is 115 Å². The van der Waals surface area contributed by atoms with E-state index in [4.69, 9.17) is 9.88 Å². The maximum Gasteiger partial charge on any atom is 0.210 e. The average molecular weight is 335 g/mol. The molecule has 1 heterocycles. The molecule has 0 spiro atoms. The zero-order valence-electron chi connectivity index (χ0n) is 9.78. The Hall–Kier alpha value is -0.630. The van der Waals surface area contributed by atoms with Crippen LogP contribution in [0.15, 0.2) is 16.6 Å². The van der Waals surface area contributed by atoms with Crippen molar-refractivity contribution in [1.29, 1.82) is 0 Å². The van der Waals surface area contributed by atoms with Crippen LogP contribution in [0.5, 0.6) is 5.75 Å².